The molecule has 0 spiro atoms. The lowest BCUT2D eigenvalue weighted by molar-refractivity contribution is 0.0251. The van der Waals surface area contributed by atoms with Crippen LogP contribution < -0.4 is 4.74 Å². The van der Waals surface area contributed by atoms with E-state index in [-0.39, 0.29) is 6.09 Å². The van der Waals surface area contributed by atoms with Crippen LogP contribution in [0.4, 0.5) is 4.79 Å². The van der Waals surface area contributed by atoms with Gasteiger partial charge in [-0.3, -0.25) is 4.90 Å². The number of amides is 1. The second-order valence-electron chi connectivity index (χ2n) is 8.93. The lowest BCUT2D eigenvalue weighted by Gasteiger charge is -2.31. The van der Waals surface area contributed by atoms with Crippen LogP contribution in [0.2, 0.25) is 0 Å². The van der Waals surface area contributed by atoms with Crippen molar-refractivity contribution >= 4 is 6.09 Å². The molecule has 0 aliphatic carbocycles. The van der Waals surface area contributed by atoms with E-state index in [1.165, 1.54) is 0 Å². The third-order valence-electron chi connectivity index (χ3n) is 5.26. The lowest BCUT2D eigenvalue weighted by atomic mass is 10.1. The van der Waals surface area contributed by atoms with Gasteiger partial charge in [0.2, 0.25) is 0 Å². The molecule has 31 heavy (non-hydrogen) atoms. The van der Waals surface area contributed by atoms with Gasteiger partial charge >= 0.3 is 6.09 Å². The monoisotopic (exact) mass is 426 g/mol. The summed E-state index contributed by atoms with van der Waals surface area (Å²) in [5.41, 5.74) is 0.604. The first-order valence-electron chi connectivity index (χ1n) is 11.0. The summed E-state index contributed by atoms with van der Waals surface area (Å²) in [7, 11) is 0. The van der Waals surface area contributed by atoms with Crippen LogP contribution in [-0.2, 0) is 11.3 Å². The highest BCUT2D eigenvalue weighted by Gasteiger charge is 2.27. The van der Waals surface area contributed by atoms with Crippen molar-refractivity contribution in [3.05, 3.63) is 54.6 Å². The van der Waals surface area contributed by atoms with Gasteiger partial charge in [0.25, 0.3) is 0 Å². The average Bonchev–Trinajstić information content (AvgIpc) is 3.00. The molecule has 3 rings (SSSR count). The Bertz CT molecular complexity index is 795. The number of nitrogens with zero attached hydrogens (tertiary/aromatic N) is 4. The second-order valence-corrected chi connectivity index (χ2v) is 8.93. The number of hydrogen-bond acceptors (Lipinski definition) is 6. The molecule has 1 aliphatic rings. The maximum Gasteiger partial charge on any atom is 0.410 e. The molecule has 168 valence electrons. The number of carbonyl (C=O) groups excluding carboxylic acids is 1. The number of carbonyl (C=O) groups is 1. The molecule has 2 aromatic rings. The van der Waals surface area contributed by atoms with Gasteiger partial charge in [0.1, 0.15) is 24.3 Å². The Morgan fingerprint density at radius 3 is 2.58 bits per heavy atom. The molecular weight excluding hydrogens is 392 g/mol. The average molecular weight is 427 g/mol. The van der Waals surface area contributed by atoms with Crippen LogP contribution in [0, 0.1) is 0 Å². The molecule has 1 saturated heterocycles. The number of aromatic nitrogens is 2. The number of likely N-dealkylation sites (tertiary alicyclic amines) is 1. The minimum absolute atomic E-state index is 0.219. The highest BCUT2D eigenvalue weighted by atomic mass is 16.6. The normalized spacial score (nSPS) is 17.3. The van der Waals surface area contributed by atoms with Crippen LogP contribution in [0.15, 0.2) is 49.1 Å². The van der Waals surface area contributed by atoms with Crippen molar-refractivity contribution in [3.63, 3.8) is 0 Å². The van der Waals surface area contributed by atoms with Gasteiger partial charge in [-0.1, -0.05) is 18.2 Å². The van der Waals surface area contributed by atoms with Gasteiger partial charge in [0.15, 0.2) is 0 Å². The predicted octanol–water partition coefficient (Wildman–Crippen LogP) is 4.15. The highest BCUT2D eigenvalue weighted by Crippen LogP contribution is 2.21. The first kappa shape index (κ1) is 23.0. The Kier molecular flexibility index (Phi) is 8.23. The number of hydrogen-bond donors (Lipinski definition) is 0. The maximum atomic E-state index is 12.5. The number of benzene rings is 1. The smallest absolute Gasteiger partial charge is 0.410 e. The van der Waals surface area contributed by atoms with E-state index in [0.29, 0.717) is 19.2 Å². The molecule has 0 N–H and O–H groups in total. The summed E-state index contributed by atoms with van der Waals surface area (Å²) >= 11 is 0. The summed E-state index contributed by atoms with van der Waals surface area (Å²) in [6.45, 7) is 9.29. The molecule has 0 bridgehead atoms. The van der Waals surface area contributed by atoms with E-state index in [1.54, 1.807) is 6.33 Å². The molecule has 7 nitrogen and oxygen atoms in total. The fraction of sp³-hybridized carbons (Fsp3) is 0.542. The molecule has 1 aromatic heterocycles. The fourth-order valence-electron chi connectivity index (χ4n) is 3.79. The van der Waals surface area contributed by atoms with Crippen LogP contribution in [0.1, 0.15) is 45.6 Å². The largest absolute Gasteiger partial charge is 0.492 e. The van der Waals surface area contributed by atoms with Gasteiger partial charge in [-0.2, -0.15) is 0 Å². The quantitative estimate of drug-likeness (QED) is 0.663. The SMILES string of the molecule is CC(C)(C)OC(=O)N1CCC[C@H](N(CCOc2ccccc2)Cc2cncnc2)CC1. The number of para-hydroxylation sites is 1. The summed E-state index contributed by atoms with van der Waals surface area (Å²) in [6.07, 6.45) is 7.94. The Hall–Kier alpha value is -2.67. The first-order chi connectivity index (χ1) is 14.9. The molecular formula is C24H34N4O3. The zero-order chi connectivity index (χ0) is 22.1. The standard InChI is InChI=1S/C24H34N4O3/c1-24(2,3)31-23(29)27-12-7-8-21(11-13-27)28(18-20-16-25-19-26-17-20)14-15-30-22-9-5-4-6-10-22/h4-6,9-10,16-17,19,21H,7-8,11-15,18H2,1-3H3/t21-/m0/s1. The molecule has 1 fully saturated rings. The van der Waals surface area contributed by atoms with E-state index in [4.69, 9.17) is 9.47 Å². The van der Waals surface area contributed by atoms with Gasteiger partial charge in [-0.05, 0) is 52.2 Å². The van der Waals surface area contributed by atoms with Crippen LogP contribution in [0.5, 0.6) is 5.75 Å². The van der Waals surface area contributed by atoms with Crippen LogP contribution in [0.25, 0.3) is 0 Å². The van der Waals surface area contributed by atoms with Crippen molar-refractivity contribution in [1.29, 1.82) is 0 Å². The summed E-state index contributed by atoms with van der Waals surface area (Å²) in [5, 5.41) is 0. The number of rotatable bonds is 7. The molecule has 0 unspecified atom stereocenters. The Labute approximate surface area is 185 Å². The lowest BCUT2D eigenvalue weighted by Crippen LogP contribution is -2.40. The zero-order valence-corrected chi connectivity index (χ0v) is 18.9. The summed E-state index contributed by atoms with van der Waals surface area (Å²) in [5.74, 6) is 0.877. The summed E-state index contributed by atoms with van der Waals surface area (Å²) in [4.78, 5) is 25.1. The molecule has 1 aromatic carbocycles. The van der Waals surface area contributed by atoms with Crippen molar-refractivity contribution in [2.45, 2.75) is 58.2 Å². The van der Waals surface area contributed by atoms with Gasteiger partial charge < -0.3 is 14.4 Å². The zero-order valence-electron chi connectivity index (χ0n) is 18.9. The van der Waals surface area contributed by atoms with E-state index in [1.807, 2.05) is 68.4 Å². The topological polar surface area (TPSA) is 67.8 Å². The minimum atomic E-state index is -0.475. The van der Waals surface area contributed by atoms with Crippen LogP contribution >= 0.6 is 0 Å². The van der Waals surface area contributed by atoms with Crippen molar-refractivity contribution in [3.8, 4) is 5.75 Å². The molecule has 0 radical (unpaired) electrons. The van der Waals surface area contributed by atoms with Crippen LogP contribution in [0.3, 0.4) is 0 Å². The number of ether oxygens (including phenoxy) is 2. The third-order valence-corrected chi connectivity index (χ3v) is 5.26. The maximum absolute atomic E-state index is 12.5. The summed E-state index contributed by atoms with van der Waals surface area (Å²) < 4.78 is 11.5. The van der Waals surface area contributed by atoms with Gasteiger partial charge in [0, 0.05) is 50.2 Å². The Morgan fingerprint density at radius 1 is 1.13 bits per heavy atom. The van der Waals surface area contributed by atoms with Crippen molar-refractivity contribution in [2.75, 3.05) is 26.2 Å². The van der Waals surface area contributed by atoms with E-state index < -0.39 is 5.60 Å². The summed E-state index contributed by atoms with van der Waals surface area (Å²) in [6, 6.07) is 10.2. The Morgan fingerprint density at radius 2 is 1.87 bits per heavy atom. The molecule has 2 heterocycles. The van der Waals surface area contributed by atoms with E-state index in [0.717, 1.165) is 50.2 Å². The molecule has 1 amide bonds. The van der Waals surface area contributed by atoms with Crippen molar-refractivity contribution in [2.24, 2.45) is 0 Å². The molecule has 1 atom stereocenters. The van der Waals surface area contributed by atoms with Gasteiger partial charge in [-0.25, -0.2) is 14.8 Å². The third kappa shape index (κ3) is 7.83. The Balaban J connectivity index is 1.61. The van der Waals surface area contributed by atoms with Crippen molar-refractivity contribution in [1.82, 2.24) is 19.8 Å². The molecule has 0 saturated carbocycles. The van der Waals surface area contributed by atoms with E-state index in [2.05, 4.69) is 14.9 Å². The highest BCUT2D eigenvalue weighted by molar-refractivity contribution is 5.68. The predicted molar refractivity (Wildman–Crippen MR) is 120 cm³/mol. The van der Waals surface area contributed by atoms with E-state index in [9.17, 15) is 4.79 Å². The second kappa shape index (κ2) is 11.1. The van der Waals surface area contributed by atoms with E-state index >= 15 is 0 Å². The van der Waals surface area contributed by atoms with Gasteiger partial charge in [0.05, 0.1) is 0 Å². The molecule has 7 heteroatoms. The minimum Gasteiger partial charge on any atom is -0.492 e. The first-order valence-corrected chi connectivity index (χ1v) is 11.0. The molecule has 1 aliphatic heterocycles. The van der Waals surface area contributed by atoms with Crippen molar-refractivity contribution < 1.29 is 14.3 Å². The van der Waals surface area contributed by atoms with Gasteiger partial charge in [-0.15, -0.1) is 0 Å². The van der Waals surface area contributed by atoms with Crippen LogP contribution in [-0.4, -0.2) is 63.7 Å². The fourth-order valence-corrected chi connectivity index (χ4v) is 3.79.